The maximum atomic E-state index is 11.9. The fourth-order valence-corrected chi connectivity index (χ4v) is 4.39. The van der Waals surface area contributed by atoms with E-state index in [1.807, 2.05) is 31.2 Å². The first-order valence-corrected chi connectivity index (χ1v) is 13.5. The molecule has 14 nitrogen and oxygen atoms in total. The van der Waals surface area contributed by atoms with Crippen LogP contribution in [0.15, 0.2) is 30.5 Å². The summed E-state index contributed by atoms with van der Waals surface area (Å²) in [4.78, 5) is 47.1. The van der Waals surface area contributed by atoms with E-state index in [0.717, 1.165) is 31.9 Å². The lowest BCUT2D eigenvalue weighted by Gasteiger charge is -2.44. The topological polar surface area (TPSA) is 175 Å². The van der Waals surface area contributed by atoms with E-state index >= 15 is 0 Å². The van der Waals surface area contributed by atoms with E-state index in [1.165, 1.54) is 6.92 Å². The lowest BCUT2D eigenvalue weighted by Crippen LogP contribution is -2.63. The molecule has 1 fully saturated rings. The Morgan fingerprint density at radius 2 is 1.55 bits per heavy atom. The van der Waals surface area contributed by atoms with Crippen LogP contribution in [0.4, 0.5) is 0 Å². The van der Waals surface area contributed by atoms with Gasteiger partial charge in [-0.1, -0.05) is 35.0 Å². The molecule has 14 heteroatoms. The molecule has 1 aromatic heterocycles. The van der Waals surface area contributed by atoms with Crippen molar-refractivity contribution in [3.63, 3.8) is 0 Å². The molecule has 1 N–H and O–H groups in total. The number of ether oxygens (including phenoxy) is 6. The molecular weight excluding hydrogens is 554 g/mol. The van der Waals surface area contributed by atoms with Crippen LogP contribution in [-0.2, 0) is 54.1 Å². The van der Waals surface area contributed by atoms with E-state index < -0.39 is 60.7 Å². The summed E-state index contributed by atoms with van der Waals surface area (Å²) in [6.45, 7) is 6.53. The van der Waals surface area contributed by atoms with Crippen molar-refractivity contribution in [3.8, 4) is 11.3 Å². The molecular formula is C28H37N3O11. The van der Waals surface area contributed by atoms with Crippen molar-refractivity contribution in [3.05, 3.63) is 36.0 Å². The Kier molecular flexibility index (Phi) is 11.9. The Morgan fingerprint density at radius 1 is 0.929 bits per heavy atom. The monoisotopic (exact) mass is 591 g/mol. The first-order valence-electron chi connectivity index (χ1n) is 13.5. The van der Waals surface area contributed by atoms with Crippen LogP contribution in [0.3, 0.4) is 0 Å². The molecule has 2 aromatic rings. The standard InChI is InChI=1S/C28H37N3O11/c1-16-8-10-21(11-9-16)23-14-31(30-29-23)13-22(36)7-6-12-37-28-27(41-20(5)35)26(40-19(4)34)25(39-18(3)33)24(42-28)15-38-17(2)32/h8-11,14,22,24-28,36H,6-7,12-13,15H2,1-5H3/t22?,24-,25-,26+,27-,28-/m1/s1. The zero-order chi connectivity index (χ0) is 30.8. The van der Waals surface area contributed by atoms with Crippen LogP contribution in [0.5, 0.6) is 0 Å². The molecule has 1 aliphatic rings. The highest BCUT2D eigenvalue weighted by atomic mass is 16.7. The van der Waals surface area contributed by atoms with E-state index in [2.05, 4.69) is 10.3 Å². The molecule has 0 radical (unpaired) electrons. The molecule has 2 heterocycles. The number of carbonyl (C=O) groups excluding carboxylic acids is 4. The molecule has 0 saturated carbocycles. The Bertz CT molecular complexity index is 1220. The third-order valence-electron chi connectivity index (χ3n) is 6.20. The molecule has 6 atom stereocenters. The second-order valence-corrected chi connectivity index (χ2v) is 9.93. The number of benzene rings is 1. The lowest BCUT2D eigenvalue weighted by molar-refractivity contribution is -0.308. The molecule has 0 spiro atoms. The van der Waals surface area contributed by atoms with Gasteiger partial charge in [0.25, 0.3) is 0 Å². The predicted octanol–water partition coefficient (Wildman–Crippen LogP) is 1.49. The van der Waals surface area contributed by atoms with Crippen molar-refractivity contribution in [1.29, 1.82) is 0 Å². The number of hydrogen-bond donors (Lipinski definition) is 1. The molecule has 1 unspecified atom stereocenters. The molecule has 42 heavy (non-hydrogen) atoms. The number of aliphatic hydroxyl groups is 1. The number of nitrogens with zero attached hydrogens (tertiary/aromatic N) is 3. The lowest BCUT2D eigenvalue weighted by atomic mass is 9.98. The molecule has 0 bridgehead atoms. The van der Waals surface area contributed by atoms with Crippen LogP contribution in [0.1, 0.15) is 46.1 Å². The Labute approximate surface area is 243 Å². The highest BCUT2D eigenvalue weighted by Crippen LogP contribution is 2.30. The third-order valence-corrected chi connectivity index (χ3v) is 6.20. The fourth-order valence-electron chi connectivity index (χ4n) is 4.39. The average molecular weight is 592 g/mol. The molecule has 0 amide bonds. The van der Waals surface area contributed by atoms with Crippen molar-refractivity contribution in [2.75, 3.05) is 13.2 Å². The van der Waals surface area contributed by atoms with Gasteiger partial charge in [-0.2, -0.15) is 0 Å². The van der Waals surface area contributed by atoms with Gasteiger partial charge in [-0.15, -0.1) is 5.10 Å². The molecule has 3 rings (SSSR count). The summed E-state index contributed by atoms with van der Waals surface area (Å²) in [5, 5.41) is 18.8. The molecule has 1 saturated heterocycles. The van der Waals surface area contributed by atoms with Crippen molar-refractivity contribution < 1.29 is 52.7 Å². The van der Waals surface area contributed by atoms with Gasteiger partial charge in [0.05, 0.1) is 25.5 Å². The minimum atomic E-state index is -1.31. The van der Waals surface area contributed by atoms with E-state index in [9.17, 15) is 24.3 Å². The van der Waals surface area contributed by atoms with Gasteiger partial charge in [-0.05, 0) is 19.8 Å². The van der Waals surface area contributed by atoms with Crippen LogP contribution in [0.25, 0.3) is 11.3 Å². The SMILES string of the molecule is CC(=O)OC[C@H]1O[C@@H](OCCCC(O)Cn2cc(-c3ccc(C)cc3)nn2)[C@H](OC(C)=O)[C@@H](OC(C)=O)[C@@H]1OC(C)=O. The van der Waals surface area contributed by atoms with Gasteiger partial charge in [0.1, 0.15) is 18.4 Å². The highest BCUT2D eigenvalue weighted by Gasteiger charge is 2.52. The largest absolute Gasteiger partial charge is 0.463 e. The van der Waals surface area contributed by atoms with E-state index in [0.29, 0.717) is 18.5 Å². The van der Waals surface area contributed by atoms with Gasteiger partial charge in [0.15, 0.2) is 24.6 Å². The number of aromatic nitrogens is 3. The average Bonchev–Trinajstić information content (AvgIpc) is 3.36. The van der Waals surface area contributed by atoms with Gasteiger partial charge in [0.2, 0.25) is 0 Å². The number of rotatable bonds is 13. The summed E-state index contributed by atoms with van der Waals surface area (Å²) in [7, 11) is 0. The maximum absolute atomic E-state index is 11.9. The number of aliphatic hydroxyl groups excluding tert-OH is 1. The summed E-state index contributed by atoms with van der Waals surface area (Å²) in [6, 6.07) is 7.86. The van der Waals surface area contributed by atoms with Gasteiger partial charge >= 0.3 is 23.9 Å². The Hall–Kier alpha value is -3.88. The zero-order valence-corrected chi connectivity index (χ0v) is 24.3. The smallest absolute Gasteiger partial charge is 0.303 e. The van der Waals surface area contributed by atoms with Crippen molar-refractivity contribution >= 4 is 23.9 Å². The predicted molar refractivity (Wildman–Crippen MR) is 143 cm³/mol. The molecule has 230 valence electrons. The van der Waals surface area contributed by atoms with Crippen molar-refractivity contribution in [1.82, 2.24) is 15.0 Å². The Balaban J connectivity index is 1.63. The number of esters is 4. The molecule has 1 aromatic carbocycles. The fraction of sp³-hybridized carbons (Fsp3) is 0.571. The normalized spacial score (nSPS) is 22.6. The van der Waals surface area contributed by atoms with E-state index in [4.69, 9.17) is 28.4 Å². The minimum absolute atomic E-state index is 0.0524. The van der Waals surface area contributed by atoms with Crippen molar-refractivity contribution in [2.45, 2.75) is 90.8 Å². The number of carbonyl (C=O) groups is 4. The quantitative estimate of drug-likeness (QED) is 0.202. The molecule has 1 aliphatic heterocycles. The second-order valence-electron chi connectivity index (χ2n) is 9.93. The first kappa shape index (κ1) is 32.6. The van der Waals surface area contributed by atoms with Crippen LogP contribution in [-0.4, -0.2) is 94.0 Å². The van der Waals surface area contributed by atoms with Gasteiger partial charge in [0, 0.05) is 33.3 Å². The maximum Gasteiger partial charge on any atom is 0.303 e. The van der Waals surface area contributed by atoms with Crippen LogP contribution in [0.2, 0.25) is 0 Å². The van der Waals surface area contributed by atoms with Crippen molar-refractivity contribution in [2.24, 2.45) is 0 Å². The van der Waals surface area contributed by atoms with Crippen LogP contribution in [0, 0.1) is 6.92 Å². The van der Waals surface area contributed by atoms with Gasteiger partial charge in [-0.25, -0.2) is 4.68 Å². The highest BCUT2D eigenvalue weighted by molar-refractivity contribution is 5.68. The summed E-state index contributed by atoms with van der Waals surface area (Å²) in [6.07, 6.45) is -4.56. The summed E-state index contributed by atoms with van der Waals surface area (Å²) < 4.78 is 34.5. The van der Waals surface area contributed by atoms with Crippen LogP contribution >= 0.6 is 0 Å². The number of hydrogen-bond acceptors (Lipinski definition) is 13. The number of aryl methyl sites for hydroxylation is 1. The van der Waals surface area contributed by atoms with Gasteiger partial charge < -0.3 is 33.5 Å². The Morgan fingerprint density at radius 3 is 2.17 bits per heavy atom. The second kappa shape index (κ2) is 15.4. The summed E-state index contributed by atoms with van der Waals surface area (Å²) >= 11 is 0. The third kappa shape index (κ3) is 9.89. The summed E-state index contributed by atoms with van der Waals surface area (Å²) in [5.41, 5.74) is 2.74. The summed E-state index contributed by atoms with van der Waals surface area (Å²) in [5.74, 6) is -2.79. The minimum Gasteiger partial charge on any atom is -0.463 e. The van der Waals surface area contributed by atoms with Crippen LogP contribution < -0.4 is 0 Å². The van der Waals surface area contributed by atoms with E-state index in [-0.39, 0.29) is 19.8 Å². The zero-order valence-electron chi connectivity index (χ0n) is 24.3. The van der Waals surface area contributed by atoms with E-state index in [1.54, 1.807) is 10.9 Å². The molecule has 0 aliphatic carbocycles. The first-order chi connectivity index (χ1) is 19.9. The van der Waals surface area contributed by atoms with Gasteiger partial charge in [-0.3, -0.25) is 19.2 Å².